The number of amides is 1. The molecule has 7 heteroatoms. The predicted octanol–water partition coefficient (Wildman–Crippen LogP) is 4.87. The molecule has 1 aliphatic rings. The quantitative estimate of drug-likeness (QED) is 0.609. The normalized spacial score (nSPS) is 14.9. The van der Waals surface area contributed by atoms with Gasteiger partial charge in [-0.05, 0) is 42.8 Å². The number of fused-ring (bicyclic) bond motifs is 1. The molecule has 1 aliphatic heterocycles. The Bertz CT molecular complexity index is 980. The first-order valence-corrected chi connectivity index (χ1v) is 9.95. The maximum absolute atomic E-state index is 12.7. The fourth-order valence-corrected chi connectivity index (χ4v) is 4.57. The van der Waals surface area contributed by atoms with E-state index in [1.807, 2.05) is 4.90 Å². The van der Waals surface area contributed by atoms with Crippen LogP contribution in [-0.2, 0) is 0 Å². The van der Waals surface area contributed by atoms with Crippen LogP contribution in [0.5, 0.6) is 0 Å². The van der Waals surface area contributed by atoms with E-state index in [-0.39, 0.29) is 5.91 Å². The molecule has 0 N–H and O–H groups in total. The lowest BCUT2D eigenvalue weighted by Crippen LogP contribution is -2.48. The van der Waals surface area contributed by atoms with Crippen LogP contribution in [0.4, 0.5) is 5.13 Å². The molecule has 134 valence electrons. The lowest BCUT2D eigenvalue weighted by Gasteiger charge is -2.34. The smallest absolute Gasteiger partial charge is 0.255 e. The molecule has 2 heterocycles. The summed E-state index contributed by atoms with van der Waals surface area (Å²) in [5.74, 6) is -0.0722. The van der Waals surface area contributed by atoms with Crippen molar-refractivity contribution in [1.82, 2.24) is 9.88 Å². The molecule has 0 spiro atoms. The van der Waals surface area contributed by atoms with Gasteiger partial charge in [0.1, 0.15) is 0 Å². The number of thiazole rings is 1. The van der Waals surface area contributed by atoms with Crippen LogP contribution in [-0.4, -0.2) is 42.0 Å². The zero-order chi connectivity index (χ0) is 18.3. The molecule has 0 bridgehead atoms. The van der Waals surface area contributed by atoms with E-state index in [1.54, 1.807) is 29.5 Å². The van der Waals surface area contributed by atoms with Crippen molar-refractivity contribution in [2.75, 3.05) is 31.1 Å². The molecule has 1 fully saturated rings. The van der Waals surface area contributed by atoms with Crippen molar-refractivity contribution in [3.05, 3.63) is 57.6 Å². The average Bonchev–Trinajstić information content (AvgIpc) is 3.06. The Kier molecular flexibility index (Phi) is 4.78. The Hall–Kier alpha value is -1.82. The van der Waals surface area contributed by atoms with Crippen LogP contribution in [0, 0.1) is 6.92 Å². The van der Waals surface area contributed by atoms with Crippen molar-refractivity contribution >= 4 is 55.8 Å². The fourth-order valence-electron chi connectivity index (χ4n) is 3.09. The minimum absolute atomic E-state index is 0.0722. The van der Waals surface area contributed by atoms with E-state index in [0.29, 0.717) is 28.7 Å². The molecule has 1 amide bonds. The number of anilines is 1. The van der Waals surface area contributed by atoms with E-state index >= 15 is 0 Å². The number of halogens is 2. The third-order valence-electron chi connectivity index (χ3n) is 4.53. The number of hydrogen-bond donors (Lipinski definition) is 0. The largest absolute Gasteiger partial charge is 0.345 e. The van der Waals surface area contributed by atoms with Crippen LogP contribution in [0.15, 0.2) is 36.4 Å². The summed E-state index contributed by atoms with van der Waals surface area (Å²) in [7, 11) is 0. The van der Waals surface area contributed by atoms with Crippen LogP contribution in [0.2, 0.25) is 10.0 Å². The van der Waals surface area contributed by atoms with Gasteiger partial charge in [0.2, 0.25) is 0 Å². The number of carbonyl (C=O) groups is 1. The molecule has 2 aromatic carbocycles. The molecule has 0 unspecified atom stereocenters. The van der Waals surface area contributed by atoms with Crippen molar-refractivity contribution in [2.24, 2.45) is 0 Å². The van der Waals surface area contributed by atoms with Gasteiger partial charge in [-0.3, -0.25) is 4.79 Å². The van der Waals surface area contributed by atoms with Crippen molar-refractivity contribution in [3.63, 3.8) is 0 Å². The highest BCUT2D eigenvalue weighted by atomic mass is 35.5. The maximum atomic E-state index is 12.7. The molecule has 4 rings (SSSR count). The summed E-state index contributed by atoms with van der Waals surface area (Å²) in [5, 5.41) is 1.96. The van der Waals surface area contributed by atoms with Crippen LogP contribution < -0.4 is 4.90 Å². The number of benzene rings is 2. The molecular formula is C19H17Cl2N3OS. The van der Waals surface area contributed by atoms with E-state index in [1.165, 1.54) is 10.3 Å². The minimum atomic E-state index is -0.0722. The zero-order valence-corrected chi connectivity index (χ0v) is 16.5. The second-order valence-corrected chi connectivity index (χ2v) is 8.22. The second-order valence-electron chi connectivity index (χ2n) is 6.37. The van der Waals surface area contributed by atoms with Gasteiger partial charge in [-0.1, -0.05) is 40.6 Å². The molecule has 1 aromatic heterocycles. The summed E-state index contributed by atoms with van der Waals surface area (Å²) in [5.41, 5.74) is 2.73. The van der Waals surface area contributed by atoms with Crippen molar-refractivity contribution < 1.29 is 4.79 Å². The Morgan fingerprint density at radius 3 is 2.62 bits per heavy atom. The number of piperazine rings is 1. The van der Waals surface area contributed by atoms with Crippen LogP contribution in [0.3, 0.4) is 0 Å². The van der Waals surface area contributed by atoms with Crippen molar-refractivity contribution in [3.8, 4) is 0 Å². The summed E-state index contributed by atoms with van der Waals surface area (Å²) in [6, 6.07) is 11.3. The first-order chi connectivity index (χ1) is 12.5. The highest BCUT2D eigenvalue weighted by Crippen LogP contribution is 2.30. The zero-order valence-electron chi connectivity index (χ0n) is 14.2. The maximum Gasteiger partial charge on any atom is 0.255 e. The van der Waals surface area contributed by atoms with Gasteiger partial charge in [-0.15, -0.1) is 0 Å². The molecule has 0 radical (unpaired) electrons. The van der Waals surface area contributed by atoms with Crippen molar-refractivity contribution in [1.29, 1.82) is 0 Å². The summed E-state index contributed by atoms with van der Waals surface area (Å²) in [4.78, 5) is 21.5. The highest BCUT2D eigenvalue weighted by Gasteiger charge is 2.25. The number of hydrogen-bond acceptors (Lipinski definition) is 4. The molecule has 0 atom stereocenters. The summed E-state index contributed by atoms with van der Waals surface area (Å²) >= 11 is 13.9. The Morgan fingerprint density at radius 1 is 1.08 bits per heavy atom. The lowest BCUT2D eigenvalue weighted by atomic mass is 10.2. The van der Waals surface area contributed by atoms with Gasteiger partial charge in [0.15, 0.2) is 5.13 Å². The minimum Gasteiger partial charge on any atom is -0.345 e. The SMILES string of the molecule is Cc1ccc2nc(N3CCN(C(=O)c4cc(Cl)ccc4Cl)CC3)sc2c1. The second kappa shape index (κ2) is 7.06. The third kappa shape index (κ3) is 3.39. The lowest BCUT2D eigenvalue weighted by molar-refractivity contribution is 0.0747. The number of aryl methyl sites for hydroxylation is 1. The molecule has 26 heavy (non-hydrogen) atoms. The van der Waals surface area contributed by atoms with Gasteiger partial charge < -0.3 is 9.80 Å². The number of nitrogens with zero attached hydrogens (tertiary/aromatic N) is 3. The van der Waals surface area contributed by atoms with Gasteiger partial charge in [-0.2, -0.15) is 0 Å². The predicted molar refractivity (Wildman–Crippen MR) is 109 cm³/mol. The first-order valence-electron chi connectivity index (χ1n) is 8.38. The van der Waals surface area contributed by atoms with E-state index in [2.05, 4.69) is 30.0 Å². The number of aromatic nitrogens is 1. The number of rotatable bonds is 2. The molecular weight excluding hydrogens is 389 g/mol. The first kappa shape index (κ1) is 17.6. The summed E-state index contributed by atoms with van der Waals surface area (Å²) in [6.07, 6.45) is 0. The Labute approximate surface area is 166 Å². The summed E-state index contributed by atoms with van der Waals surface area (Å²) < 4.78 is 1.20. The van der Waals surface area contributed by atoms with Crippen LogP contribution >= 0.6 is 34.5 Å². The van der Waals surface area contributed by atoms with Gasteiger partial charge in [0.25, 0.3) is 5.91 Å². The third-order valence-corrected chi connectivity index (χ3v) is 6.17. The van der Waals surface area contributed by atoms with E-state index in [9.17, 15) is 4.79 Å². The average molecular weight is 406 g/mol. The van der Waals surface area contributed by atoms with E-state index in [0.717, 1.165) is 23.7 Å². The molecule has 4 nitrogen and oxygen atoms in total. The monoisotopic (exact) mass is 405 g/mol. The Balaban J connectivity index is 1.48. The van der Waals surface area contributed by atoms with E-state index in [4.69, 9.17) is 28.2 Å². The van der Waals surface area contributed by atoms with Gasteiger partial charge in [-0.25, -0.2) is 4.98 Å². The molecule has 0 aliphatic carbocycles. The van der Waals surface area contributed by atoms with Gasteiger partial charge in [0.05, 0.1) is 20.8 Å². The summed E-state index contributed by atoms with van der Waals surface area (Å²) in [6.45, 7) is 4.86. The fraction of sp³-hybridized carbons (Fsp3) is 0.263. The Morgan fingerprint density at radius 2 is 1.85 bits per heavy atom. The highest BCUT2D eigenvalue weighted by molar-refractivity contribution is 7.22. The van der Waals surface area contributed by atoms with Crippen LogP contribution in [0.25, 0.3) is 10.2 Å². The standard InChI is InChI=1S/C19H17Cl2N3OS/c1-12-2-5-16-17(10-12)26-19(22-16)24-8-6-23(7-9-24)18(25)14-11-13(20)3-4-15(14)21/h2-5,10-11H,6-9H2,1H3. The van der Waals surface area contributed by atoms with Gasteiger partial charge >= 0.3 is 0 Å². The molecule has 0 saturated carbocycles. The number of carbonyl (C=O) groups excluding carboxylic acids is 1. The molecule has 3 aromatic rings. The van der Waals surface area contributed by atoms with Crippen molar-refractivity contribution in [2.45, 2.75) is 6.92 Å². The van der Waals surface area contributed by atoms with Gasteiger partial charge in [0, 0.05) is 31.2 Å². The topological polar surface area (TPSA) is 36.4 Å². The van der Waals surface area contributed by atoms with E-state index < -0.39 is 0 Å². The molecule has 1 saturated heterocycles. The van der Waals surface area contributed by atoms with Crippen LogP contribution in [0.1, 0.15) is 15.9 Å².